The van der Waals surface area contributed by atoms with Crippen LogP contribution in [0.15, 0.2) is 58.4 Å². The molecule has 0 unspecified atom stereocenters. The summed E-state index contributed by atoms with van der Waals surface area (Å²) in [7, 11) is 0. The van der Waals surface area contributed by atoms with Crippen molar-refractivity contribution in [3.8, 4) is 0 Å². The van der Waals surface area contributed by atoms with Gasteiger partial charge in [-0.2, -0.15) is 10.2 Å². The molecule has 6 nitrogen and oxygen atoms in total. The van der Waals surface area contributed by atoms with Crippen molar-refractivity contribution in [1.82, 2.24) is 15.2 Å². The molecule has 0 fully saturated rings. The van der Waals surface area contributed by atoms with E-state index >= 15 is 0 Å². The van der Waals surface area contributed by atoms with E-state index in [1.807, 2.05) is 31.2 Å². The normalized spacial score (nSPS) is 11.1. The second-order valence-corrected chi connectivity index (χ2v) is 5.62. The van der Waals surface area contributed by atoms with E-state index in [0.29, 0.717) is 17.3 Å². The number of carbonyl (C=O) groups is 1. The number of hydrogen-bond donors (Lipinski definition) is 1. The van der Waals surface area contributed by atoms with Crippen LogP contribution in [0.1, 0.15) is 28.5 Å². The smallest absolute Gasteiger partial charge is 0.267 e. The second kappa shape index (κ2) is 7.09. The number of nitrogens with one attached hydrogen (secondary N) is 1. The Morgan fingerprint density at radius 1 is 1.16 bits per heavy atom. The Bertz CT molecular complexity index is 1000. The van der Waals surface area contributed by atoms with Gasteiger partial charge in [-0.05, 0) is 25.5 Å². The van der Waals surface area contributed by atoms with Gasteiger partial charge in [0.25, 0.3) is 11.5 Å². The maximum Gasteiger partial charge on any atom is 0.292 e. The highest BCUT2D eigenvalue weighted by molar-refractivity contribution is 6.04. The summed E-state index contributed by atoms with van der Waals surface area (Å²) in [6.07, 6.45) is 1.56. The molecular weight excluding hydrogens is 316 g/mol. The topological polar surface area (TPSA) is 76.3 Å². The molecule has 0 spiro atoms. The SMILES string of the molecule is CCn1nc(C(=O)N/N=C\c2ccc(C)cc2)c2ccccc2c1=O. The van der Waals surface area contributed by atoms with Crippen molar-refractivity contribution in [3.05, 3.63) is 75.7 Å². The van der Waals surface area contributed by atoms with E-state index in [9.17, 15) is 9.59 Å². The van der Waals surface area contributed by atoms with Crippen LogP contribution in [0, 0.1) is 6.92 Å². The van der Waals surface area contributed by atoms with E-state index < -0.39 is 5.91 Å². The lowest BCUT2D eigenvalue weighted by Gasteiger charge is -2.08. The first kappa shape index (κ1) is 16.6. The van der Waals surface area contributed by atoms with Crippen molar-refractivity contribution < 1.29 is 4.79 Å². The Hall–Kier alpha value is -3.28. The minimum atomic E-state index is -0.457. The zero-order valence-electron chi connectivity index (χ0n) is 14.1. The fourth-order valence-electron chi connectivity index (χ4n) is 2.49. The van der Waals surface area contributed by atoms with Crippen LogP contribution in [0.5, 0.6) is 0 Å². The minimum absolute atomic E-state index is 0.179. The molecule has 1 heterocycles. The van der Waals surface area contributed by atoms with Crippen LogP contribution in [0.4, 0.5) is 0 Å². The highest BCUT2D eigenvalue weighted by Gasteiger charge is 2.15. The Morgan fingerprint density at radius 3 is 2.52 bits per heavy atom. The van der Waals surface area contributed by atoms with Crippen molar-refractivity contribution in [2.75, 3.05) is 0 Å². The number of carbonyl (C=O) groups excluding carboxylic acids is 1. The van der Waals surface area contributed by atoms with Crippen LogP contribution in [-0.2, 0) is 6.54 Å². The quantitative estimate of drug-likeness (QED) is 0.588. The standard InChI is InChI=1S/C19H18N4O2/c1-3-23-19(25)16-7-5-4-6-15(16)17(22-23)18(24)21-20-12-14-10-8-13(2)9-11-14/h4-12H,3H2,1-2H3,(H,21,24)/b20-12-. The molecule has 0 atom stereocenters. The first-order chi connectivity index (χ1) is 12.1. The Kier molecular flexibility index (Phi) is 4.70. The molecule has 3 rings (SSSR count). The molecule has 0 radical (unpaired) electrons. The molecule has 2 aromatic carbocycles. The highest BCUT2D eigenvalue weighted by atomic mass is 16.2. The van der Waals surface area contributed by atoms with Crippen LogP contribution in [0.2, 0.25) is 0 Å². The zero-order valence-corrected chi connectivity index (χ0v) is 14.1. The van der Waals surface area contributed by atoms with Crippen LogP contribution in [0.25, 0.3) is 10.8 Å². The van der Waals surface area contributed by atoms with Crippen molar-refractivity contribution in [3.63, 3.8) is 0 Å². The summed E-state index contributed by atoms with van der Waals surface area (Å²) in [5, 5.41) is 9.13. The summed E-state index contributed by atoms with van der Waals surface area (Å²) < 4.78 is 1.28. The molecule has 0 bridgehead atoms. The van der Waals surface area contributed by atoms with Gasteiger partial charge in [-0.25, -0.2) is 10.1 Å². The van der Waals surface area contributed by atoms with Gasteiger partial charge in [-0.3, -0.25) is 9.59 Å². The van der Waals surface area contributed by atoms with E-state index in [1.54, 1.807) is 37.4 Å². The van der Waals surface area contributed by atoms with Crippen LogP contribution >= 0.6 is 0 Å². The number of aromatic nitrogens is 2. The van der Waals surface area contributed by atoms with E-state index in [1.165, 1.54) is 4.68 Å². The lowest BCUT2D eigenvalue weighted by molar-refractivity contribution is 0.0949. The maximum absolute atomic E-state index is 12.5. The van der Waals surface area contributed by atoms with Gasteiger partial charge >= 0.3 is 0 Å². The van der Waals surface area contributed by atoms with Gasteiger partial charge in [-0.1, -0.05) is 48.0 Å². The summed E-state index contributed by atoms with van der Waals surface area (Å²) in [5.74, 6) is -0.457. The summed E-state index contributed by atoms with van der Waals surface area (Å²) >= 11 is 0. The Labute approximate surface area is 144 Å². The molecule has 0 aliphatic heterocycles. The van der Waals surface area contributed by atoms with Crippen LogP contribution < -0.4 is 11.0 Å². The Balaban J connectivity index is 1.90. The summed E-state index contributed by atoms with van der Waals surface area (Å²) in [6.45, 7) is 4.19. The molecule has 0 aliphatic rings. The third-order valence-electron chi connectivity index (χ3n) is 3.84. The molecule has 0 saturated carbocycles. The molecule has 1 N–H and O–H groups in total. The molecule has 1 aromatic heterocycles. The summed E-state index contributed by atoms with van der Waals surface area (Å²) in [5.41, 5.74) is 4.47. The lowest BCUT2D eigenvalue weighted by Crippen LogP contribution is -2.28. The largest absolute Gasteiger partial charge is 0.292 e. The molecule has 0 aliphatic carbocycles. The number of nitrogens with zero attached hydrogens (tertiary/aromatic N) is 3. The van der Waals surface area contributed by atoms with Crippen molar-refractivity contribution in [2.45, 2.75) is 20.4 Å². The monoisotopic (exact) mass is 334 g/mol. The third-order valence-corrected chi connectivity index (χ3v) is 3.84. The van der Waals surface area contributed by atoms with Crippen LogP contribution in [0.3, 0.4) is 0 Å². The van der Waals surface area contributed by atoms with Gasteiger partial charge in [0.2, 0.25) is 0 Å². The van der Waals surface area contributed by atoms with E-state index in [4.69, 9.17) is 0 Å². The van der Waals surface area contributed by atoms with Crippen molar-refractivity contribution >= 4 is 22.9 Å². The molecule has 0 saturated heterocycles. The molecule has 6 heteroatoms. The van der Waals surface area contributed by atoms with Gasteiger partial charge in [0.1, 0.15) is 0 Å². The number of benzene rings is 2. The summed E-state index contributed by atoms with van der Waals surface area (Å²) in [6, 6.07) is 14.7. The molecule has 3 aromatic rings. The number of fused-ring (bicyclic) bond motifs is 1. The zero-order chi connectivity index (χ0) is 17.8. The number of hydrazone groups is 1. The van der Waals surface area contributed by atoms with Gasteiger partial charge < -0.3 is 0 Å². The second-order valence-electron chi connectivity index (χ2n) is 5.62. The first-order valence-corrected chi connectivity index (χ1v) is 8.00. The molecular formula is C19H18N4O2. The fraction of sp³-hybridized carbons (Fsp3) is 0.158. The number of hydrogen-bond acceptors (Lipinski definition) is 4. The third kappa shape index (κ3) is 3.47. The van der Waals surface area contributed by atoms with Gasteiger partial charge in [0.05, 0.1) is 11.6 Å². The predicted octanol–water partition coefficient (Wildman–Crippen LogP) is 2.49. The van der Waals surface area contributed by atoms with Gasteiger partial charge in [0.15, 0.2) is 5.69 Å². The average molecular weight is 334 g/mol. The lowest BCUT2D eigenvalue weighted by atomic mass is 10.1. The van der Waals surface area contributed by atoms with E-state index in [0.717, 1.165) is 11.1 Å². The average Bonchev–Trinajstić information content (AvgIpc) is 2.64. The summed E-state index contributed by atoms with van der Waals surface area (Å²) in [4.78, 5) is 24.8. The molecule has 25 heavy (non-hydrogen) atoms. The van der Waals surface area contributed by atoms with Crippen molar-refractivity contribution in [2.24, 2.45) is 5.10 Å². The molecule has 1 amide bonds. The van der Waals surface area contributed by atoms with Gasteiger partial charge in [-0.15, -0.1) is 0 Å². The maximum atomic E-state index is 12.5. The first-order valence-electron chi connectivity index (χ1n) is 8.00. The predicted molar refractivity (Wildman–Crippen MR) is 97.9 cm³/mol. The highest BCUT2D eigenvalue weighted by Crippen LogP contribution is 2.13. The number of aryl methyl sites for hydroxylation is 2. The van der Waals surface area contributed by atoms with Gasteiger partial charge in [0, 0.05) is 11.9 Å². The van der Waals surface area contributed by atoms with E-state index in [2.05, 4.69) is 15.6 Å². The number of amides is 1. The Morgan fingerprint density at radius 2 is 1.84 bits per heavy atom. The molecule has 126 valence electrons. The van der Waals surface area contributed by atoms with E-state index in [-0.39, 0.29) is 11.3 Å². The minimum Gasteiger partial charge on any atom is -0.267 e. The van der Waals surface area contributed by atoms with Crippen molar-refractivity contribution in [1.29, 1.82) is 0 Å². The van der Waals surface area contributed by atoms with Crippen LogP contribution in [-0.4, -0.2) is 21.9 Å². The number of rotatable bonds is 4. The fourth-order valence-corrected chi connectivity index (χ4v) is 2.49.